The standard InChI is InChI=1S/C20H26F2N4O3/c1-2-5-23-20(29)26-10-14-6-12(8-17(14)25-18(27)11-26)19(28)24-9-13-7-15(21)3-4-16(13)22/h3-4,7,12,14,17H,2,5-6,8-11H2,1H3,(H,23,29)(H,24,28)(H,25,27)/t12-,14+,17+/m0/s1. The number of hydrogen-bond acceptors (Lipinski definition) is 3. The summed E-state index contributed by atoms with van der Waals surface area (Å²) in [7, 11) is 0. The zero-order chi connectivity index (χ0) is 21.0. The smallest absolute Gasteiger partial charge is 0.317 e. The maximum atomic E-state index is 13.7. The van der Waals surface area contributed by atoms with Crippen molar-refractivity contribution in [1.82, 2.24) is 20.9 Å². The van der Waals surface area contributed by atoms with Crippen molar-refractivity contribution in [2.75, 3.05) is 19.6 Å². The molecular formula is C20H26F2N4O3. The predicted molar refractivity (Wildman–Crippen MR) is 102 cm³/mol. The van der Waals surface area contributed by atoms with E-state index in [9.17, 15) is 23.2 Å². The Morgan fingerprint density at radius 1 is 1.24 bits per heavy atom. The van der Waals surface area contributed by atoms with E-state index in [4.69, 9.17) is 0 Å². The Morgan fingerprint density at radius 3 is 2.79 bits per heavy atom. The fourth-order valence-electron chi connectivity index (χ4n) is 3.99. The number of nitrogens with zero attached hydrogens (tertiary/aromatic N) is 1. The monoisotopic (exact) mass is 408 g/mol. The second kappa shape index (κ2) is 9.19. The van der Waals surface area contributed by atoms with Gasteiger partial charge in [-0.05, 0) is 43.4 Å². The van der Waals surface area contributed by atoms with Crippen molar-refractivity contribution in [3.63, 3.8) is 0 Å². The van der Waals surface area contributed by atoms with Gasteiger partial charge < -0.3 is 20.9 Å². The second-order valence-corrected chi connectivity index (χ2v) is 7.67. The lowest BCUT2D eigenvalue weighted by atomic mass is 10.0. The van der Waals surface area contributed by atoms with Crippen LogP contribution in [0.25, 0.3) is 0 Å². The minimum atomic E-state index is -0.579. The van der Waals surface area contributed by atoms with Gasteiger partial charge in [0.15, 0.2) is 0 Å². The number of rotatable bonds is 5. The van der Waals surface area contributed by atoms with Gasteiger partial charge in [0.05, 0.1) is 0 Å². The summed E-state index contributed by atoms with van der Waals surface area (Å²) in [5, 5.41) is 8.34. The molecule has 0 unspecified atom stereocenters. The average Bonchev–Trinajstić information content (AvgIpc) is 3.00. The number of amides is 4. The first-order valence-electron chi connectivity index (χ1n) is 9.91. The van der Waals surface area contributed by atoms with Crippen molar-refractivity contribution in [1.29, 1.82) is 0 Å². The number of carbonyl (C=O) groups excluding carboxylic acids is 3. The topological polar surface area (TPSA) is 90.5 Å². The van der Waals surface area contributed by atoms with Crippen LogP contribution in [0.1, 0.15) is 31.7 Å². The van der Waals surface area contributed by atoms with Gasteiger partial charge in [-0.1, -0.05) is 6.92 Å². The summed E-state index contributed by atoms with van der Waals surface area (Å²) in [6, 6.07) is 2.64. The molecule has 29 heavy (non-hydrogen) atoms. The van der Waals surface area contributed by atoms with Gasteiger partial charge in [-0.25, -0.2) is 13.6 Å². The molecule has 0 aromatic heterocycles. The third kappa shape index (κ3) is 5.21. The fourth-order valence-corrected chi connectivity index (χ4v) is 3.99. The number of benzene rings is 1. The van der Waals surface area contributed by atoms with Crippen molar-refractivity contribution in [3.8, 4) is 0 Å². The maximum Gasteiger partial charge on any atom is 0.317 e. The van der Waals surface area contributed by atoms with Gasteiger partial charge in [0.2, 0.25) is 11.8 Å². The van der Waals surface area contributed by atoms with Gasteiger partial charge in [-0.3, -0.25) is 9.59 Å². The molecule has 1 heterocycles. The van der Waals surface area contributed by atoms with Crippen LogP contribution in [0, 0.1) is 23.5 Å². The summed E-state index contributed by atoms with van der Waals surface area (Å²) in [5.41, 5.74) is 0.0811. The SMILES string of the molecule is CCCNC(=O)N1CC(=O)N[C@@H]2C[C@@H](C(=O)NCc3cc(F)ccc3F)C[C@@H]2C1. The quantitative estimate of drug-likeness (QED) is 0.690. The van der Waals surface area contributed by atoms with E-state index < -0.39 is 11.6 Å². The van der Waals surface area contributed by atoms with Crippen LogP contribution in [-0.2, 0) is 16.1 Å². The van der Waals surface area contributed by atoms with Crippen LogP contribution in [0.2, 0.25) is 0 Å². The van der Waals surface area contributed by atoms with E-state index in [0.29, 0.717) is 25.9 Å². The molecule has 3 N–H and O–H groups in total. The van der Waals surface area contributed by atoms with Crippen LogP contribution in [-0.4, -0.2) is 48.4 Å². The van der Waals surface area contributed by atoms with E-state index in [0.717, 1.165) is 24.6 Å². The van der Waals surface area contributed by atoms with Gasteiger partial charge in [-0.2, -0.15) is 0 Å². The van der Waals surface area contributed by atoms with Gasteiger partial charge >= 0.3 is 6.03 Å². The number of nitrogens with one attached hydrogen (secondary N) is 3. The molecule has 4 amide bonds. The summed E-state index contributed by atoms with van der Waals surface area (Å²) >= 11 is 0. The van der Waals surface area contributed by atoms with E-state index in [2.05, 4.69) is 16.0 Å². The molecular weight excluding hydrogens is 382 g/mol. The molecule has 1 saturated heterocycles. The highest BCUT2D eigenvalue weighted by Gasteiger charge is 2.42. The van der Waals surface area contributed by atoms with Crippen molar-refractivity contribution < 1.29 is 23.2 Å². The third-order valence-corrected chi connectivity index (χ3v) is 5.48. The largest absolute Gasteiger partial charge is 0.352 e. The Balaban J connectivity index is 1.58. The molecule has 9 heteroatoms. The second-order valence-electron chi connectivity index (χ2n) is 7.67. The van der Waals surface area contributed by atoms with E-state index in [-0.39, 0.29) is 54.4 Å². The van der Waals surface area contributed by atoms with E-state index in [1.54, 1.807) is 0 Å². The molecule has 2 aliphatic rings. The molecule has 0 radical (unpaired) electrons. The highest BCUT2D eigenvalue weighted by Crippen LogP contribution is 2.33. The highest BCUT2D eigenvalue weighted by atomic mass is 19.1. The van der Waals surface area contributed by atoms with Crippen LogP contribution in [0.3, 0.4) is 0 Å². The van der Waals surface area contributed by atoms with Gasteiger partial charge in [-0.15, -0.1) is 0 Å². The number of carbonyl (C=O) groups is 3. The van der Waals surface area contributed by atoms with Crippen molar-refractivity contribution >= 4 is 17.8 Å². The zero-order valence-corrected chi connectivity index (χ0v) is 16.3. The molecule has 3 atom stereocenters. The Labute approximate surface area is 168 Å². The predicted octanol–water partition coefficient (Wildman–Crippen LogP) is 1.53. The van der Waals surface area contributed by atoms with Crippen molar-refractivity contribution in [2.45, 2.75) is 38.8 Å². The average molecular weight is 408 g/mol. The maximum absolute atomic E-state index is 13.7. The molecule has 3 rings (SSSR count). The summed E-state index contributed by atoms with van der Waals surface area (Å²) < 4.78 is 27.0. The Bertz CT molecular complexity index is 789. The Hall–Kier alpha value is -2.71. The summed E-state index contributed by atoms with van der Waals surface area (Å²) in [6.45, 7) is 2.76. The minimum absolute atomic E-state index is 0.00173. The van der Waals surface area contributed by atoms with E-state index >= 15 is 0 Å². The highest BCUT2D eigenvalue weighted by molar-refractivity contribution is 5.85. The molecule has 1 saturated carbocycles. The van der Waals surface area contributed by atoms with Gasteiger partial charge in [0.1, 0.15) is 18.2 Å². The molecule has 2 fully saturated rings. The third-order valence-electron chi connectivity index (χ3n) is 5.48. The first-order valence-corrected chi connectivity index (χ1v) is 9.91. The molecule has 0 bridgehead atoms. The summed E-state index contributed by atoms with van der Waals surface area (Å²) in [6.07, 6.45) is 1.77. The number of urea groups is 1. The minimum Gasteiger partial charge on any atom is -0.352 e. The van der Waals surface area contributed by atoms with Crippen LogP contribution in [0.15, 0.2) is 18.2 Å². The summed E-state index contributed by atoms with van der Waals surface area (Å²) in [5.74, 6) is -2.05. The number of halogens is 2. The molecule has 0 spiro atoms. The lowest BCUT2D eigenvalue weighted by molar-refractivity contribution is -0.125. The Morgan fingerprint density at radius 2 is 2.03 bits per heavy atom. The normalized spacial score (nSPS) is 23.8. The van der Waals surface area contributed by atoms with Gasteiger partial charge in [0.25, 0.3) is 0 Å². The fraction of sp³-hybridized carbons (Fsp3) is 0.550. The lowest BCUT2D eigenvalue weighted by Gasteiger charge is -2.23. The van der Waals surface area contributed by atoms with E-state index in [1.807, 2.05) is 6.92 Å². The van der Waals surface area contributed by atoms with Crippen LogP contribution < -0.4 is 16.0 Å². The van der Waals surface area contributed by atoms with Crippen molar-refractivity contribution in [3.05, 3.63) is 35.4 Å². The lowest BCUT2D eigenvalue weighted by Crippen LogP contribution is -2.44. The van der Waals surface area contributed by atoms with Gasteiger partial charge in [0, 0.05) is 37.2 Å². The molecule has 1 aromatic carbocycles. The molecule has 1 aliphatic heterocycles. The molecule has 7 nitrogen and oxygen atoms in total. The Kier molecular flexibility index (Phi) is 6.66. The first-order chi connectivity index (χ1) is 13.9. The van der Waals surface area contributed by atoms with Crippen LogP contribution in [0.5, 0.6) is 0 Å². The molecule has 1 aliphatic carbocycles. The van der Waals surface area contributed by atoms with Crippen molar-refractivity contribution in [2.24, 2.45) is 11.8 Å². The number of hydrogen-bond donors (Lipinski definition) is 3. The van der Waals surface area contributed by atoms with Crippen LogP contribution >= 0.6 is 0 Å². The van der Waals surface area contributed by atoms with Crippen LogP contribution in [0.4, 0.5) is 13.6 Å². The first kappa shape index (κ1) is 21.0. The zero-order valence-electron chi connectivity index (χ0n) is 16.3. The molecule has 158 valence electrons. The summed E-state index contributed by atoms with van der Waals surface area (Å²) in [4.78, 5) is 38.5. The molecule has 1 aromatic rings. The number of fused-ring (bicyclic) bond motifs is 1. The van der Waals surface area contributed by atoms with E-state index in [1.165, 1.54) is 4.90 Å².